The first-order valence-electron chi connectivity index (χ1n) is 5.14. The van der Waals surface area contributed by atoms with E-state index in [2.05, 4.69) is 31.4 Å². The molecule has 0 atom stereocenters. The zero-order valence-corrected chi connectivity index (χ0v) is 13.0. The van der Waals surface area contributed by atoms with Gasteiger partial charge >= 0.3 is 0 Å². The van der Waals surface area contributed by atoms with Crippen LogP contribution in [0.5, 0.6) is 5.75 Å². The van der Waals surface area contributed by atoms with Gasteiger partial charge in [0, 0.05) is 5.38 Å². The average molecular weight is 362 g/mol. The fraction of sp³-hybridized carbons (Fsp3) is 0.0909. The predicted octanol–water partition coefficient (Wildman–Crippen LogP) is 3.60. The Morgan fingerprint density at radius 2 is 2.37 bits per heavy atom. The molecule has 8 heteroatoms. The summed E-state index contributed by atoms with van der Waals surface area (Å²) in [4.78, 5) is 4.02. The van der Waals surface area contributed by atoms with E-state index in [1.165, 1.54) is 11.3 Å². The first-order chi connectivity index (χ1) is 9.11. The Morgan fingerprint density at radius 3 is 3.00 bits per heavy atom. The molecule has 0 radical (unpaired) electrons. The second-order valence-electron chi connectivity index (χ2n) is 3.42. The van der Waals surface area contributed by atoms with Gasteiger partial charge in [0.05, 0.1) is 28.4 Å². The molecule has 5 nitrogen and oxygen atoms in total. The number of nitrogens with one attached hydrogen (secondary N) is 1. The highest BCUT2D eigenvalue weighted by molar-refractivity contribution is 9.10. The third-order valence-electron chi connectivity index (χ3n) is 2.17. The smallest absolute Gasteiger partial charge is 0.205 e. The molecule has 1 aromatic heterocycles. The molecule has 0 saturated carbocycles. The molecule has 2 aromatic rings. The standard InChI is InChI=1S/C11H10BrClN4OS/c1-18-10-6(8(13)3-2-7(10)12)4-15-17-11-16-9(14)5-19-11/h2-5H,14H2,1H3,(H,16,17). The van der Waals surface area contributed by atoms with Crippen LogP contribution >= 0.6 is 38.9 Å². The fourth-order valence-corrected chi connectivity index (χ4v) is 2.62. The zero-order chi connectivity index (χ0) is 13.8. The highest BCUT2D eigenvalue weighted by Crippen LogP contribution is 2.32. The van der Waals surface area contributed by atoms with Gasteiger partial charge in [-0.25, -0.2) is 4.98 Å². The molecule has 0 saturated heterocycles. The van der Waals surface area contributed by atoms with E-state index >= 15 is 0 Å². The summed E-state index contributed by atoms with van der Waals surface area (Å²) >= 11 is 10.9. The minimum absolute atomic E-state index is 0.459. The molecule has 3 N–H and O–H groups in total. The van der Waals surface area contributed by atoms with Crippen LogP contribution in [0.1, 0.15) is 5.56 Å². The van der Waals surface area contributed by atoms with Gasteiger partial charge in [-0.2, -0.15) is 5.10 Å². The first-order valence-corrected chi connectivity index (χ1v) is 7.19. The van der Waals surface area contributed by atoms with E-state index < -0.39 is 0 Å². The van der Waals surface area contributed by atoms with Crippen molar-refractivity contribution in [2.24, 2.45) is 5.10 Å². The van der Waals surface area contributed by atoms with Crippen molar-refractivity contribution >= 4 is 56.0 Å². The molecule has 2 rings (SSSR count). The second-order valence-corrected chi connectivity index (χ2v) is 5.54. The van der Waals surface area contributed by atoms with Crippen LogP contribution in [-0.2, 0) is 0 Å². The maximum absolute atomic E-state index is 6.11. The zero-order valence-electron chi connectivity index (χ0n) is 9.85. The van der Waals surface area contributed by atoms with E-state index in [0.29, 0.717) is 27.3 Å². The van der Waals surface area contributed by atoms with Crippen molar-refractivity contribution in [2.45, 2.75) is 0 Å². The van der Waals surface area contributed by atoms with Gasteiger partial charge in [0.25, 0.3) is 0 Å². The van der Waals surface area contributed by atoms with Crippen molar-refractivity contribution in [3.05, 3.63) is 32.6 Å². The summed E-state index contributed by atoms with van der Waals surface area (Å²) in [7, 11) is 1.57. The summed E-state index contributed by atoms with van der Waals surface area (Å²) in [6.45, 7) is 0. The molecule has 19 heavy (non-hydrogen) atoms. The van der Waals surface area contributed by atoms with Crippen molar-refractivity contribution in [1.82, 2.24) is 4.98 Å². The molecule has 0 aliphatic rings. The third kappa shape index (κ3) is 3.37. The van der Waals surface area contributed by atoms with Crippen LogP contribution in [0.4, 0.5) is 10.9 Å². The van der Waals surface area contributed by atoms with Gasteiger partial charge < -0.3 is 10.5 Å². The Labute approximate surface area is 127 Å². The summed E-state index contributed by atoms with van der Waals surface area (Å²) in [5.74, 6) is 1.08. The summed E-state index contributed by atoms with van der Waals surface area (Å²) in [6.07, 6.45) is 1.57. The van der Waals surface area contributed by atoms with Crippen LogP contribution in [0.3, 0.4) is 0 Å². The number of aromatic nitrogens is 1. The lowest BCUT2D eigenvalue weighted by molar-refractivity contribution is 0.411. The number of rotatable bonds is 4. The van der Waals surface area contributed by atoms with Gasteiger partial charge in [0.15, 0.2) is 0 Å². The maximum Gasteiger partial charge on any atom is 0.205 e. The lowest BCUT2D eigenvalue weighted by Crippen LogP contribution is -1.96. The minimum Gasteiger partial charge on any atom is -0.495 e. The number of anilines is 2. The number of ether oxygens (including phenoxy) is 1. The number of hydrogen-bond donors (Lipinski definition) is 2. The second kappa shape index (κ2) is 6.23. The molecule has 0 unspecified atom stereocenters. The van der Waals surface area contributed by atoms with Gasteiger partial charge in [-0.3, -0.25) is 5.43 Å². The summed E-state index contributed by atoms with van der Waals surface area (Å²) in [5, 5.41) is 6.95. The van der Waals surface area contributed by atoms with Gasteiger partial charge in [-0.15, -0.1) is 11.3 Å². The Hall–Kier alpha value is -1.31. The Kier molecular flexibility index (Phi) is 4.62. The summed E-state index contributed by atoms with van der Waals surface area (Å²) < 4.78 is 6.09. The highest BCUT2D eigenvalue weighted by atomic mass is 79.9. The predicted molar refractivity (Wildman–Crippen MR) is 83.4 cm³/mol. The third-order valence-corrected chi connectivity index (χ3v) is 3.89. The number of hydrazone groups is 1. The van der Waals surface area contributed by atoms with E-state index in [0.717, 1.165) is 4.47 Å². The van der Waals surface area contributed by atoms with E-state index in [1.54, 1.807) is 24.8 Å². The molecule has 0 fully saturated rings. The van der Waals surface area contributed by atoms with Crippen LogP contribution in [0, 0.1) is 0 Å². The van der Waals surface area contributed by atoms with Crippen molar-refractivity contribution < 1.29 is 4.74 Å². The molecule has 100 valence electrons. The fourth-order valence-electron chi connectivity index (χ4n) is 1.37. The highest BCUT2D eigenvalue weighted by Gasteiger charge is 2.09. The number of nitrogens with zero attached hydrogens (tertiary/aromatic N) is 2. The number of hydrogen-bond acceptors (Lipinski definition) is 6. The molecule has 1 aromatic carbocycles. The molecule has 0 aliphatic carbocycles. The van der Waals surface area contributed by atoms with Gasteiger partial charge in [-0.05, 0) is 28.1 Å². The van der Waals surface area contributed by atoms with E-state index in [4.69, 9.17) is 22.1 Å². The monoisotopic (exact) mass is 360 g/mol. The molecular formula is C11H10BrClN4OS. The number of halogens is 2. The van der Waals surface area contributed by atoms with Crippen LogP contribution in [-0.4, -0.2) is 18.3 Å². The molecule has 0 bridgehead atoms. The van der Waals surface area contributed by atoms with Crippen molar-refractivity contribution in [2.75, 3.05) is 18.3 Å². The van der Waals surface area contributed by atoms with E-state index in [1.807, 2.05) is 6.07 Å². The number of benzene rings is 1. The normalized spacial score (nSPS) is 10.9. The Morgan fingerprint density at radius 1 is 1.58 bits per heavy atom. The SMILES string of the molecule is COc1c(Br)ccc(Cl)c1C=NNc1nc(N)cs1. The number of nitrogens with two attached hydrogens (primary N) is 1. The molecule has 0 spiro atoms. The Balaban J connectivity index is 2.20. The molecular weight excluding hydrogens is 352 g/mol. The van der Waals surface area contributed by atoms with E-state index in [-0.39, 0.29) is 0 Å². The van der Waals surface area contributed by atoms with Crippen LogP contribution < -0.4 is 15.9 Å². The topological polar surface area (TPSA) is 72.5 Å². The number of nitrogen functional groups attached to an aromatic ring is 1. The summed E-state index contributed by atoms with van der Waals surface area (Å²) in [6, 6.07) is 3.57. The Bertz CT molecular complexity index is 617. The summed E-state index contributed by atoms with van der Waals surface area (Å²) in [5.41, 5.74) is 8.97. The largest absolute Gasteiger partial charge is 0.495 e. The van der Waals surface area contributed by atoms with E-state index in [9.17, 15) is 0 Å². The molecule has 1 heterocycles. The van der Waals surface area contributed by atoms with Gasteiger partial charge in [0.2, 0.25) is 5.13 Å². The quantitative estimate of drug-likeness (QED) is 0.645. The van der Waals surface area contributed by atoms with Crippen molar-refractivity contribution in [3.63, 3.8) is 0 Å². The first kappa shape index (κ1) is 14.1. The lowest BCUT2D eigenvalue weighted by atomic mass is 10.2. The van der Waals surface area contributed by atoms with Crippen molar-refractivity contribution in [3.8, 4) is 5.75 Å². The number of methoxy groups -OCH3 is 1. The maximum atomic E-state index is 6.11. The van der Waals surface area contributed by atoms with Crippen LogP contribution in [0.15, 0.2) is 27.1 Å². The van der Waals surface area contributed by atoms with Crippen molar-refractivity contribution in [1.29, 1.82) is 0 Å². The molecule has 0 amide bonds. The van der Waals surface area contributed by atoms with Crippen LogP contribution in [0.25, 0.3) is 0 Å². The van der Waals surface area contributed by atoms with Gasteiger partial charge in [-0.1, -0.05) is 11.6 Å². The average Bonchev–Trinajstić information content (AvgIpc) is 2.79. The minimum atomic E-state index is 0.459. The lowest BCUT2D eigenvalue weighted by Gasteiger charge is -2.08. The number of thiazole rings is 1. The van der Waals surface area contributed by atoms with Crippen LogP contribution in [0.2, 0.25) is 5.02 Å². The molecule has 0 aliphatic heterocycles. The van der Waals surface area contributed by atoms with Gasteiger partial charge in [0.1, 0.15) is 11.6 Å².